The normalized spacial score (nSPS) is 39.3. The van der Waals surface area contributed by atoms with Crippen molar-refractivity contribution >= 4 is 0 Å². The summed E-state index contributed by atoms with van der Waals surface area (Å²) in [5, 5.41) is 0. The van der Waals surface area contributed by atoms with E-state index in [0.29, 0.717) is 6.10 Å². The van der Waals surface area contributed by atoms with Gasteiger partial charge in [-0.25, -0.2) is 0 Å². The highest BCUT2D eigenvalue weighted by atomic mass is 16.6. The Labute approximate surface area is 54.1 Å². The summed E-state index contributed by atoms with van der Waals surface area (Å²) in [4.78, 5) is 0. The van der Waals surface area contributed by atoms with Crippen LogP contribution in [0.1, 0.15) is 6.42 Å². The lowest BCUT2D eigenvalue weighted by molar-refractivity contribution is 0.369. The molecule has 2 rings (SSSR count). The lowest BCUT2D eigenvalue weighted by Gasteiger charge is -2.01. The molecule has 1 radical (unpaired) electrons. The molecule has 3 nitrogen and oxygen atoms in total. The molecule has 2 aliphatic rings. The highest BCUT2D eigenvalue weighted by Gasteiger charge is 2.35. The van der Waals surface area contributed by atoms with Gasteiger partial charge in [-0.05, 0) is 6.42 Å². The monoisotopic (exact) mass is 128 g/mol. The lowest BCUT2D eigenvalue weighted by atomic mass is 10.1. The average Bonchev–Trinajstić information content (AvgIpc) is 2.62. The van der Waals surface area contributed by atoms with E-state index in [1.54, 1.807) is 0 Å². The smallest absolute Gasteiger partial charge is 0.101 e. The molecular weight excluding hydrogens is 118 g/mol. The van der Waals surface area contributed by atoms with Crippen LogP contribution in [0.2, 0.25) is 0 Å². The molecule has 0 aromatic carbocycles. The third kappa shape index (κ3) is 1.41. The lowest BCUT2D eigenvalue weighted by Crippen LogP contribution is -2.18. The van der Waals surface area contributed by atoms with Crippen molar-refractivity contribution in [3.05, 3.63) is 6.04 Å². The molecule has 9 heavy (non-hydrogen) atoms. The van der Waals surface area contributed by atoms with Crippen molar-refractivity contribution in [3.8, 4) is 0 Å². The van der Waals surface area contributed by atoms with Gasteiger partial charge < -0.3 is 15.2 Å². The second-order valence-corrected chi connectivity index (χ2v) is 2.56. The molecule has 0 saturated carbocycles. The maximum Gasteiger partial charge on any atom is 0.101 e. The Morgan fingerprint density at radius 3 is 2.56 bits per heavy atom. The Kier molecular flexibility index (Phi) is 1.22. The molecule has 2 aliphatic heterocycles. The molecule has 2 unspecified atom stereocenters. The topological polar surface area (TPSA) is 51.1 Å². The van der Waals surface area contributed by atoms with Crippen LogP contribution in [0.4, 0.5) is 0 Å². The van der Waals surface area contributed by atoms with Crippen LogP contribution < -0.4 is 5.73 Å². The van der Waals surface area contributed by atoms with Gasteiger partial charge in [-0.3, -0.25) is 0 Å². The van der Waals surface area contributed by atoms with Gasteiger partial charge in [0, 0.05) is 0 Å². The predicted molar refractivity (Wildman–Crippen MR) is 31.5 cm³/mol. The molecule has 0 amide bonds. The van der Waals surface area contributed by atoms with Crippen molar-refractivity contribution in [3.63, 3.8) is 0 Å². The van der Waals surface area contributed by atoms with Crippen LogP contribution in [0, 0.1) is 6.04 Å². The van der Waals surface area contributed by atoms with E-state index >= 15 is 0 Å². The fourth-order valence-corrected chi connectivity index (χ4v) is 0.842. The summed E-state index contributed by atoms with van der Waals surface area (Å²) in [6.45, 7) is 1.70. The van der Waals surface area contributed by atoms with E-state index in [9.17, 15) is 0 Å². The Hall–Kier alpha value is -0.120. The molecule has 2 saturated heterocycles. The Morgan fingerprint density at radius 1 is 1.44 bits per heavy atom. The Bertz CT molecular complexity index is 110. The van der Waals surface area contributed by atoms with Crippen LogP contribution >= 0.6 is 0 Å². The highest BCUT2D eigenvalue weighted by Crippen LogP contribution is 2.26. The van der Waals surface area contributed by atoms with E-state index in [1.165, 1.54) is 0 Å². The molecular formula is C6H10NO2. The van der Waals surface area contributed by atoms with Crippen molar-refractivity contribution in [2.75, 3.05) is 13.2 Å². The van der Waals surface area contributed by atoms with Gasteiger partial charge in [0.15, 0.2) is 0 Å². The molecule has 0 spiro atoms. The van der Waals surface area contributed by atoms with Gasteiger partial charge in [-0.1, -0.05) is 0 Å². The van der Waals surface area contributed by atoms with Gasteiger partial charge in [0.25, 0.3) is 0 Å². The fourth-order valence-electron chi connectivity index (χ4n) is 0.842. The van der Waals surface area contributed by atoms with Crippen molar-refractivity contribution < 1.29 is 9.47 Å². The molecule has 2 N–H and O–H groups in total. The van der Waals surface area contributed by atoms with Gasteiger partial charge >= 0.3 is 0 Å². The molecule has 0 bridgehead atoms. The quantitative estimate of drug-likeness (QED) is 0.529. The van der Waals surface area contributed by atoms with E-state index in [0.717, 1.165) is 25.7 Å². The van der Waals surface area contributed by atoms with Gasteiger partial charge in [0.2, 0.25) is 0 Å². The van der Waals surface area contributed by atoms with Crippen molar-refractivity contribution in [1.82, 2.24) is 0 Å². The molecule has 2 fully saturated rings. The van der Waals surface area contributed by atoms with Crippen LogP contribution in [0.25, 0.3) is 0 Å². The van der Waals surface area contributed by atoms with Crippen LogP contribution in [-0.4, -0.2) is 25.4 Å². The zero-order chi connectivity index (χ0) is 6.27. The second kappa shape index (κ2) is 1.94. The Morgan fingerprint density at radius 2 is 2.11 bits per heavy atom. The van der Waals surface area contributed by atoms with E-state index < -0.39 is 0 Å². The van der Waals surface area contributed by atoms with Crippen molar-refractivity contribution in [2.24, 2.45) is 5.73 Å². The summed E-state index contributed by atoms with van der Waals surface area (Å²) in [5.74, 6) is 0. The van der Waals surface area contributed by atoms with Gasteiger partial charge in [0.1, 0.15) is 6.10 Å². The zero-order valence-corrected chi connectivity index (χ0v) is 5.17. The molecule has 0 aromatic rings. The fraction of sp³-hybridized carbons (Fsp3) is 0.833. The molecule has 3 heteroatoms. The zero-order valence-electron chi connectivity index (χ0n) is 5.17. The number of hydrogen-bond donors (Lipinski definition) is 1. The first-order valence-corrected chi connectivity index (χ1v) is 3.20. The third-order valence-electron chi connectivity index (χ3n) is 1.61. The maximum absolute atomic E-state index is 5.63. The molecule has 2 heterocycles. The summed E-state index contributed by atoms with van der Waals surface area (Å²) < 4.78 is 9.98. The first kappa shape index (κ1) is 5.65. The van der Waals surface area contributed by atoms with Gasteiger partial charge in [-0.15, -0.1) is 0 Å². The minimum Gasteiger partial charge on any atom is -0.373 e. The van der Waals surface area contributed by atoms with E-state index in [4.69, 9.17) is 15.2 Å². The minimum absolute atomic E-state index is 0.259. The maximum atomic E-state index is 5.63. The molecule has 2 atom stereocenters. The molecule has 51 valence electrons. The van der Waals surface area contributed by atoms with Gasteiger partial charge in [0.05, 0.1) is 25.4 Å². The SMILES string of the molecule is N[C](CC1CO1)C1CO1. The average molecular weight is 128 g/mol. The predicted octanol–water partition coefficient (Wildman–Crippen LogP) is -0.335. The van der Waals surface area contributed by atoms with Crippen LogP contribution in [0.15, 0.2) is 0 Å². The number of ether oxygens (including phenoxy) is 2. The van der Waals surface area contributed by atoms with Crippen LogP contribution in [0.5, 0.6) is 0 Å². The van der Waals surface area contributed by atoms with E-state index in [-0.39, 0.29) is 6.10 Å². The number of rotatable bonds is 3. The van der Waals surface area contributed by atoms with Crippen LogP contribution in [0.3, 0.4) is 0 Å². The number of nitrogens with two attached hydrogens (primary N) is 1. The van der Waals surface area contributed by atoms with Crippen molar-refractivity contribution in [1.29, 1.82) is 0 Å². The standard InChI is InChI=1S/C6H10NO2/c7-5(6-3-9-6)1-4-2-8-4/h4,6H,1-3,7H2. The number of hydrogen-bond acceptors (Lipinski definition) is 3. The first-order valence-electron chi connectivity index (χ1n) is 3.20. The minimum atomic E-state index is 0.259. The molecule has 0 aromatic heterocycles. The third-order valence-corrected chi connectivity index (χ3v) is 1.61. The highest BCUT2D eigenvalue weighted by molar-refractivity contribution is 5.01. The molecule has 0 aliphatic carbocycles. The summed E-state index contributed by atoms with van der Waals surface area (Å²) in [5.41, 5.74) is 5.63. The van der Waals surface area contributed by atoms with Crippen LogP contribution in [-0.2, 0) is 9.47 Å². The Balaban J connectivity index is 1.69. The van der Waals surface area contributed by atoms with E-state index in [2.05, 4.69) is 0 Å². The summed E-state index contributed by atoms with van der Waals surface area (Å²) >= 11 is 0. The summed E-state index contributed by atoms with van der Waals surface area (Å²) in [6.07, 6.45) is 1.56. The number of epoxide rings is 2. The van der Waals surface area contributed by atoms with Crippen molar-refractivity contribution in [2.45, 2.75) is 18.6 Å². The summed E-state index contributed by atoms with van der Waals surface area (Å²) in [6, 6.07) is 0.956. The largest absolute Gasteiger partial charge is 0.373 e. The second-order valence-electron chi connectivity index (χ2n) is 2.56. The van der Waals surface area contributed by atoms with E-state index in [1.807, 2.05) is 0 Å². The summed E-state index contributed by atoms with van der Waals surface area (Å²) in [7, 11) is 0. The first-order chi connectivity index (χ1) is 4.36. The van der Waals surface area contributed by atoms with Gasteiger partial charge in [-0.2, -0.15) is 0 Å².